The number of piperazine rings is 1. The van der Waals surface area contributed by atoms with Crippen molar-refractivity contribution in [2.75, 3.05) is 61.4 Å². The maximum atomic E-state index is 14.3. The van der Waals surface area contributed by atoms with Gasteiger partial charge >= 0.3 is 0 Å². The summed E-state index contributed by atoms with van der Waals surface area (Å²) >= 11 is 1.60. The number of nitrogens with one attached hydrogen (secondary N) is 1. The summed E-state index contributed by atoms with van der Waals surface area (Å²) in [6.45, 7) is 12.4. The molecule has 6 aromatic rings. The summed E-state index contributed by atoms with van der Waals surface area (Å²) in [7, 11) is 0. The second-order valence-electron chi connectivity index (χ2n) is 22.0. The molecule has 4 saturated heterocycles. The first-order valence-corrected chi connectivity index (χ1v) is 28.6. The van der Waals surface area contributed by atoms with Crippen LogP contribution in [0.15, 0.2) is 89.0 Å². The van der Waals surface area contributed by atoms with Gasteiger partial charge in [-0.2, -0.15) is 0 Å². The number of hydrogen-bond donors (Lipinski definition) is 4. The van der Waals surface area contributed by atoms with Crippen LogP contribution in [0.1, 0.15) is 101 Å². The van der Waals surface area contributed by atoms with Crippen LogP contribution in [0.3, 0.4) is 0 Å². The minimum atomic E-state index is -0.828. The number of nitrogens with zero attached hydrogens (tertiary/aromatic N) is 9. The molecule has 78 heavy (non-hydrogen) atoms. The number of ether oxygens (including phenoxy) is 3. The second kappa shape index (κ2) is 23.2. The molecule has 1 aliphatic carbocycles. The Hall–Kier alpha value is -6.87. The summed E-state index contributed by atoms with van der Waals surface area (Å²) in [5.41, 5.74) is 14.4. The first-order chi connectivity index (χ1) is 37.8. The zero-order valence-electron chi connectivity index (χ0n) is 44.8. The molecule has 5 fully saturated rings. The highest BCUT2D eigenvalue weighted by Gasteiger charge is 2.45. The lowest BCUT2D eigenvalue weighted by Crippen LogP contribution is -2.54. The van der Waals surface area contributed by atoms with Gasteiger partial charge in [-0.05, 0) is 85.5 Å². The van der Waals surface area contributed by atoms with Gasteiger partial charge in [-0.25, -0.2) is 9.97 Å². The fraction of sp³-hybridized carbons (Fsp3) is 0.500. The van der Waals surface area contributed by atoms with Crippen molar-refractivity contribution in [3.05, 3.63) is 102 Å². The third-order valence-electron chi connectivity index (χ3n) is 16.4. The number of amides is 2. The molecule has 8 heterocycles. The molecule has 2 aromatic carbocycles. The van der Waals surface area contributed by atoms with Gasteiger partial charge in [0.1, 0.15) is 30.4 Å². The van der Waals surface area contributed by atoms with Gasteiger partial charge < -0.3 is 54.7 Å². The van der Waals surface area contributed by atoms with Crippen molar-refractivity contribution >= 4 is 40.3 Å². The summed E-state index contributed by atoms with van der Waals surface area (Å²) in [6, 6.07) is 22.5. The van der Waals surface area contributed by atoms with Crippen molar-refractivity contribution < 1.29 is 38.5 Å². The number of likely N-dealkylation sites (tertiary alicyclic amines) is 2. The zero-order valence-corrected chi connectivity index (χ0v) is 45.6. The molecule has 5 N–H and O–H groups in total. The van der Waals surface area contributed by atoms with Gasteiger partial charge in [0.25, 0.3) is 5.88 Å². The number of benzene rings is 2. The predicted octanol–water partition coefficient (Wildman–Crippen LogP) is 7.54. The van der Waals surface area contributed by atoms with E-state index in [1.165, 1.54) is 4.90 Å². The van der Waals surface area contributed by atoms with E-state index in [1.807, 2.05) is 81.9 Å². The number of phenolic OH excluding ortho intramolecular Hbond substituents is 1. The molecule has 1 saturated carbocycles. The molecular weight excluding hydrogens is 1010 g/mol. The van der Waals surface area contributed by atoms with E-state index in [1.54, 1.807) is 29.5 Å². The van der Waals surface area contributed by atoms with Crippen molar-refractivity contribution in [3.63, 3.8) is 0 Å². The summed E-state index contributed by atoms with van der Waals surface area (Å²) in [5, 5.41) is 37.2. The van der Waals surface area contributed by atoms with Crippen LogP contribution in [0.5, 0.6) is 17.5 Å². The summed E-state index contributed by atoms with van der Waals surface area (Å²) in [4.78, 5) is 47.0. The molecule has 0 spiro atoms. The van der Waals surface area contributed by atoms with Gasteiger partial charge in [-0.15, -0.1) is 21.5 Å². The Morgan fingerprint density at radius 3 is 2.38 bits per heavy atom. The summed E-state index contributed by atoms with van der Waals surface area (Å²) < 4.78 is 24.8. The van der Waals surface area contributed by atoms with Crippen LogP contribution in [-0.4, -0.2) is 146 Å². The smallest absolute Gasteiger partial charge is 0.254 e. The van der Waals surface area contributed by atoms with Crippen molar-refractivity contribution in [1.29, 1.82) is 0 Å². The molecule has 11 rings (SSSR count). The molecule has 4 aliphatic heterocycles. The van der Waals surface area contributed by atoms with Crippen LogP contribution in [0.4, 0.5) is 17.2 Å². The average Bonchev–Trinajstić information content (AvgIpc) is 4.36. The Kier molecular flexibility index (Phi) is 15.8. The van der Waals surface area contributed by atoms with Crippen molar-refractivity contribution in [1.82, 2.24) is 40.4 Å². The first kappa shape index (κ1) is 53.1. The number of piperidine rings is 1. The van der Waals surface area contributed by atoms with E-state index < -0.39 is 18.1 Å². The minimum absolute atomic E-state index is 0.0552. The van der Waals surface area contributed by atoms with Gasteiger partial charge in [-0.1, -0.05) is 57.2 Å². The normalized spacial score (nSPS) is 23.3. The van der Waals surface area contributed by atoms with Gasteiger partial charge in [0.2, 0.25) is 17.7 Å². The largest absolute Gasteiger partial charge is 0.507 e. The quantitative estimate of drug-likeness (QED) is 0.0614. The van der Waals surface area contributed by atoms with Crippen LogP contribution in [0.25, 0.3) is 21.7 Å². The lowest BCUT2D eigenvalue weighted by molar-refractivity contribution is -0.141. The van der Waals surface area contributed by atoms with E-state index in [-0.39, 0.29) is 72.9 Å². The van der Waals surface area contributed by atoms with Crippen LogP contribution in [-0.2, 0) is 14.3 Å². The number of aliphatic hydroxyl groups is 1. The number of pyridine rings is 1. The first-order valence-electron chi connectivity index (χ1n) is 27.7. The lowest BCUT2D eigenvalue weighted by atomic mass is 9.91. The van der Waals surface area contributed by atoms with Gasteiger partial charge in [0.05, 0.1) is 51.8 Å². The fourth-order valence-electron chi connectivity index (χ4n) is 12.2. The number of aromatic hydroxyl groups is 1. The number of phenols is 1. The molecular formula is C58H71N11O8S. The number of nitrogen functional groups attached to an aromatic ring is 1. The number of para-hydroxylation sites is 1. The second-order valence-corrected chi connectivity index (χ2v) is 22.8. The molecule has 6 atom stereocenters. The Morgan fingerprint density at radius 1 is 0.897 bits per heavy atom. The Morgan fingerprint density at radius 2 is 1.67 bits per heavy atom. The number of rotatable bonds is 19. The van der Waals surface area contributed by atoms with E-state index in [0.29, 0.717) is 54.2 Å². The number of fused-ring (bicyclic) bond motifs is 2. The average molecular weight is 1080 g/mol. The Balaban J connectivity index is 0.604. The SMILES string of the molecule is CC[C@H](NC(=O)[C@@H]1C[C@@H](O)CN1C(=O)[C@H](c1cc(OCCN2CCC(OC3CC(Oc4cc(N5C6CCC5CN(c5cc(-c7ccccc7O)nnc5N)C6)ccn4)C3)CC2)no1)C(C)C)c1ccc(-c2scnc2C)cc1. The molecule has 0 radical (unpaired) electrons. The highest BCUT2D eigenvalue weighted by Crippen LogP contribution is 2.41. The molecule has 4 aromatic heterocycles. The topological polar surface area (TPSA) is 231 Å². The van der Waals surface area contributed by atoms with E-state index in [4.69, 9.17) is 24.5 Å². The van der Waals surface area contributed by atoms with Gasteiger partial charge in [-0.3, -0.25) is 14.5 Å². The highest BCUT2D eigenvalue weighted by atomic mass is 32.1. The van der Waals surface area contributed by atoms with Gasteiger partial charge in [0.15, 0.2) is 11.6 Å². The molecule has 412 valence electrons. The Bertz CT molecular complexity index is 3020. The zero-order chi connectivity index (χ0) is 54.0. The number of nitrogens with two attached hydrogens (primary N) is 1. The van der Waals surface area contributed by atoms with E-state index in [0.717, 1.165) is 97.8 Å². The standard InChI is InChI=1S/C58H71N11O8S/c1-5-46(36-10-12-37(13-11-36)55-35(4)61-33-78-55)62-57(72)49-25-41(70)32-68(49)58(73)54(34(2)3)51-29-53(65-77-51)74-23-22-66-20-17-42(18-21-66)75-43-26-44(27-43)76-52-24-38(16-19-60-52)69-39-14-15-40(69)31-67(30-39)48-28-47(63-64-56(48)59)45-8-6-7-9-50(45)71/h6-13,16,19,24,28-29,33-34,39-44,46,49,54,70-71H,5,14-15,17-18,20-23,25-27,30-32H2,1-4H3,(H2,59,64)(H,62,72)/t39?,40?,41-,43?,44?,46+,49+,54+/m1/s1. The molecule has 2 unspecified atom stereocenters. The lowest BCUT2D eigenvalue weighted by Gasteiger charge is -2.43. The maximum Gasteiger partial charge on any atom is 0.254 e. The number of hydrogen-bond acceptors (Lipinski definition) is 18. The van der Waals surface area contributed by atoms with Crippen LogP contribution < -0.4 is 30.3 Å². The van der Waals surface area contributed by atoms with E-state index in [2.05, 4.69) is 57.5 Å². The number of aromatic nitrogens is 5. The van der Waals surface area contributed by atoms with Crippen LogP contribution >= 0.6 is 11.3 Å². The highest BCUT2D eigenvalue weighted by molar-refractivity contribution is 7.13. The predicted molar refractivity (Wildman–Crippen MR) is 296 cm³/mol. The van der Waals surface area contributed by atoms with Gasteiger partial charge in [0, 0.05) is 100 Å². The minimum Gasteiger partial charge on any atom is -0.507 e. The number of β-amino-alcohol motifs (C(OH)–C–C–N with tert-alkyl or cyclic N) is 1. The third kappa shape index (κ3) is 11.5. The van der Waals surface area contributed by atoms with Crippen molar-refractivity contribution in [2.24, 2.45) is 5.92 Å². The Labute approximate surface area is 459 Å². The van der Waals surface area contributed by atoms with Crippen molar-refractivity contribution in [2.45, 2.75) is 134 Å². The molecule has 2 amide bonds. The number of anilines is 3. The molecule has 2 bridgehead atoms. The van der Waals surface area contributed by atoms with Crippen molar-refractivity contribution in [3.8, 4) is 39.2 Å². The third-order valence-corrected chi connectivity index (χ3v) is 17.4. The van der Waals surface area contributed by atoms with E-state index in [9.17, 15) is 19.8 Å². The summed E-state index contributed by atoms with van der Waals surface area (Å²) in [5.74, 6) is 0.366. The van der Waals surface area contributed by atoms with E-state index >= 15 is 0 Å². The number of carbonyl (C=O) groups excluding carboxylic acids is 2. The fourth-order valence-corrected chi connectivity index (χ4v) is 13.0. The number of thiazole rings is 1. The maximum absolute atomic E-state index is 14.3. The molecule has 19 nitrogen and oxygen atoms in total. The number of carbonyl (C=O) groups is 2. The molecule has 5 aliphatic rings. The number of aliphatic hydroxyl groups excluding tert-OH is 1. The number of aryl methyl sites for hydroxylation is 1. The van der Waals surface area contributed by atoms with Crippen LogP contribution in [0, 0.1) is 12.8 Å². The molecule has 20 heteroatoms. The summed E-state index contributed by atoms with van der Waals surface area (Å²) in [6.07, 6.45) is 7.89. The monoisotopic (exact) mass is 1080 g/mol. The van der Waals surface area contributed by atoms with Crippen LogP contribution in [0.2, 0.25) is 0 Å².